The minimum atomic E-state index is 0.463. The van der Waals surface area contributed by atoms with Crippen LogP contribution < -0.4 is 5.32 Å². The van der Waals surface area contributed by atoms with Crippen LogP contribution in [0.3, 0.4) is 0 Å². The molecule has 1 N–H and O–H groups in total. The van der Waals surface area contributed by atoms with Crippen LogP contribution in [0.4, 0.5) is 5.82 Å². The lowest BCUT2D eigenvalue weighted by Gasteiger charge is -2.31. The molecule has 106 valence electrons. The van der Waals surface area contributed by atoms with Gasteiger partial charge in [0.15, 0.2) is 5.82 Å². The first-order chi connectivity index (χ1) is 9.79. The number of aryl methyl sites for hydroxylation is 1. The summed E-state index contributed by atoms with van der Waals surface area (Å²) in [6.07, 6.45) is 5.48. The summed E-state index contributed by atoms with van der Waals surface area (Å²) in [6.45, 7) is 4.61. The zero-order chi connectivity index (χ0) is 13.8. The van der Waals surface area contributed by atoms with Gasteiger partial charge in [-0.1, -0.05) is 5.16 Å². The van der Waals surface area contributed by atoms with Gasteiger partial charge >= 0.3 is 0 Å². The van der Waals surface area contributed by atoms with Crippen molar-refractivity contribution in [3.8, 4) is 0 Å². The number of nitrogens with zero attached hydrogens (tertiary/aromatic N) is 5. The zero-order valence-corrected chi connectivity index (χ0v) is 11.5. The number of hydrogen-bond acceptors (Lipinski definition) is 7. The van der Waals surface area contributed by atoms with E-state index < -0.39 is 0 Å². The van der Waals surface area contributed by atoms with Crippen molar-refractivity contribution in [1.82, 2.24) is 25.0 Å². The van der Waals surface area contributed by atoms with Gasteiger partial charge in [0, 0.05) is 25.3 Å². The molecule has 20 heavy (non-hydrogen) atoms. The molecule has 0 atom stereocenters. The van der Waals surface area contributed by atoms with Gasteiger partial charge in [0.05, 0.1) is 6.54 Å². The number of nitrogens with one attached hydrogen (secondary N) is 1. The van der Waals surface area contributed by atoms with Gasteiger partial charge in [-0.3, -0.25) is 4.90 Å². The summed E-state index contributed by atoms with van der Waals surface area (Å²) >= 11 is 0. The third kappa shape index (κ3) is 3.30. The van der Waals surface area contributed by atoms with E-state index in [0.29, 0.717) is 17.8 Å². The molecular formula is C13H18N6O. The quantitative estimate of drug-likeness (QED) is 0.898. The third-order valence-electron chi connectivity index (χ3n) is 3.45. The maximum Gasteiger partial charge on any atom is 0.240 e. The number of hydrogen-bond donors (Lipinski definition) is 1. The van der Waals surface area contributed by atoms with Gasteiger partial charge in [0.1, 0.15) is 12.1 Å². The molecular weight excluding hydrogens is 256 g/mol. The van der Waals surface area contributed by atoms with Crippen LogP contribution in [0.15, 0.2) is 23.1 Å². The Labute approximate surface area is 117 Å². The fourth-order valence-electron chi connectivity index (χ4n) is 2.42. The van der Waals surface area contributed by atoms with E-state index in [2.05, 4.69) is 30.3 Å². The van der Waals surface area contributed by atoms with E-state index in [-0.39, 0.29) is 0 Å². The Morgan fingerprint density at radius 1 is 1.40 bits per heavy atom. The van der Waals surface area contributed by atoms with Crippen LogP contribution in [0.2, 0.25) is 0 Å². The molecule has 7 nitrogen and oxygen atoms in total. The normalized spacial score (nSPS) is 17.2. The summed E-state index contributed by atoms with van der Waals surface area (Å²) in [4.78, 5) is 14.7. The number of anilines is 1. The Morgan fingerprint density at radius 2 is 2.25 bits per heavy atom. The molecule has 0 aliphatic carbocycles. The molecule has 0 unspecified atom stereocenters. The molecule has 0 aromatic carbocycles. The van der Waals surface area contributed by atoms with E-state index in [4.69, 9.17) is 4.52 Å². The molecule has 7 heteroatoms. The molecule has 1 fully saturated rings. The highest BCUT2D eigenvalue weighted by molar-refractivity contribution is 5.33. The summed E-state index contributed by atoms with van der Waals surface area (Å²) < 4.78 is 5.15. The Bertz CT molecular complexity index is 535. The van der Waals surface area contributed by atoms with Crippen molar-refractivity contribution in [3.63, 3.8) is 0 Å². The predicted molar refractivity (Wildman–Crippen MR) is 73.0 cm³/mol. The number of likely N-dealkylation sites (tertiary alicyclic amines) is 1. The highest BCUT2D eigenvalue weighted by atomic mass is 16.5. The Hall–Kier alpha value is -2.02. The van der Waals surface area contributed by atoms with Crippen molar-refractivity contribution in [2.24, 2.45) is 0 Å². The van der Waals surface area contributed by atoms with Crippen LogP contribution in [0.1, 0.15) is 24.6 Å². The lowest BCUT2D eigenvalue weighted by Crippen LogP contribution is -2.38. The minimum Gasteiger partial charge on any atom is -0.367 e. The first-order valence-corrected chi connectivity index (χ1v) is 6.84. The molecule has 1 aliphatic rings. The number of rotatable bonds is 4. The second-order valence-corrected chi connectivity index (χ2v) is 5.02. The summed E-state index contributed by atoms with van der Waals surface area (Å²) in [5.74, 6) is 2.29. The second-order valence-electron chi connectivity index (χ2n) is 5.02. The van der Waals surface area contributed by atoms with Gasteiger partial charge in [0.25, 0.3) is 0 Å². The fourth-order valence-corrected chi connectivity index (χ4v) is 2.42. The smallest absolute Gasteiger partial charge is 0.240 e. The van der Waals surface area contributed by atoms with Crippen LogP contribution in [-0.4, -0.2) is 44.1 Å². The van der Waals surface area contributed by atoms with Gasteiger partial charge in [0.2, 0.25) is 5.89 Å². The van der Waals surface area contributed by atoms with E-state index in [9.17, 15) is 0 Å². The Balaban J connectivity index is 1.47. The van der Waals surface area contributed by atoms with Gasteiger partial charge in [-0.2, -0.15) is 4.98 Å². The van der Waals surface area contributed by atoms with Crippen molar-refractivity contribution in [3.05, 3.63) is 30.3 Å². The van der Waals surface area contributed by atoms with Crippen molar-refractivity contribution in [1.29, 1.82) is 0 Å². The molecule has 1 aliphatic heterocycles. The SMILES string of the molecule is Cc1noc(CN2CCC(Nc3ccncn3)CC2)n1. The van der Waals surface area contributed by atoms with E-state index >= 15 is 0 Å². The zero-order valence-electron chi connectivity index (χ0n) is 11.5. The van der Waals surface area contributed by atoms with E-state index in [0.717, 1.165) is 38.3 Å². The average molecular weight is 274 g/mol. The summed E-state index contributed by atoms with van der Waals surface area (Å²) in [7, 11) is 0. The standard InChI is InChI=1S/C13H18N6O/c1-10-16-13(20-18-10)8-19-6-3-11(4-7-19)17-12-2-5-14-9-15-12/h2,5,9,11H,3-4,6-8H2,1H3,(H,14,15,17). The highest BCUT2D eigenvalue weighted by Gasteiger charge is 2.20. The molecule has 1 saturated heterocycles. The van der Waals surface area contributed by atoms with Crippen LogP contribution in [-0.2, 0) is 6.54 Å². The molecule has 0 amide bonds. The molecule has 0 radical (unpaired) electrons. The summed E-state index contributed by atoms with van der Waals surface area (Å²) in [5.41, 5.74) is 0. The topological polar surface area (TPSA) is 80.0 Å². The van der Waals surface area contributed by atoms with Crippen molar-refractivity contribution in [2.75, 3.05) is 18.4 Å². The van der Waals surface area contributed by atoms with Crippen LogP contribution in [0.25, 0.3) is 0 Å². The maximum atomic E-state index is 5.15. The minimum absolute atomic E-state index is 0.463. The van der Waals surface area contributed by atoms with Crippen LogP contribution >= 0.6 is 0 Å². The van der Waals surface area contributed by atoms with Crippen molar-refractivity contribution in [2.45, 2.75) is 32.4 Å². The molecule has 2 aromatic rings. The molecule has 0 saturated carbocycles. The molecule has 0 bridgehead atoms. The summed E-state index contributed by atoms with van der Waals surface area (Å²) in [6, 6.07) is 2.36. The number of aromatic nitrogens is 4. The van der Waals surface area contributed by atoms with Crippen molar-refractivity contribution >= 4 is 5.82 Å². The third-order valence-corrected chi connectivity index (χ3v) is 3.45. The van der Waals surface area contributed by atoms with Gasteiger partial charge in [-0.05, 0) is 25.8 Å². The lowest BCUT2D eigenvalue weighted by molar-refractivity contribution is 0.186. The van der Waals surface area contributed by atoms with E-state index in [1.54, 1.807) is 12.5 Å². The predicted octanol–water partition coefficient (Wildman–Crippen LogP) is 1.24. The van der Waals surface area contributed by atoms with E-state index in [1.807, 2.05) is 13.0 Å². The lowest BCUT2D eigenvalue weighted by atomic mass is 10.1. The summed E-state index contributed by atoms with van der Waals surface area (Å²) in [5, 5.41) is 7.25. The Kier molecular flexibility index (Phi) is 3.87. The molecule has 2 aromatic heterocycles. The first-order valence-electron chi connectivity index (χ1n) is 6.84. The average Bonchev–Trinajstić information content (AvgIpc) is 2.88. The van der Waals surface area contributed by atoms with Crippen LogP contribution in [0, 0.1) is 6.92 Å². The van der Waals surface area contributed by atoms with E-state index in [1.165, 1.54) is 0 Å². The van der Waals surface area contributed by atoms with Gasteiger partial charge in [-0.25, -0.2) is 9.97 Å². The molecule has 0 spiro atoms. The van der Waals surface area contributed by atoms with Gasteiger partial charge in [-0.15, -0.1) is 0 Å². The fraction of sp³-hybridized carbons (Fsp3) is 0.538. The largest absolute Gasteiger partial charge is 0.367 e. The Morgan fingerprint density at radius 3 is 2.90 bits per heavy atom. The van der Waals surface area contributed by atoms with Gasteiger partial charge < -0.3 is 9.84 Å². The first kappa shape index (κ1) is 13.0. The number of piperidine rings is 1. The second kappa shape index (κ2) is 5.96. The van der Waals surface area contributed by atoms with Crippen molar-refractivity contribution < 1.29 is 4.52 Å². The monoisotopic (exact) mass is 274 g/mol. The van der Waals surface area contributed by atoms with Crippen LogP contribution in [0.5, 0.6) is 0 Å². The molecule has 3 heterocycles. The molecule has 3 rings (SSSR count). The maximum absolute atomic E-state index is 5.15. The highest BCUT2D eigenvalue weighted by Crippen LogP contribution is 2.16.